The largest absolute Gasteiger partial charge is 0.380 e. The van der Waals surface area contributed by atoms with Crippen molar-refractivity contribution in [1.29, 1.82) is 0 Å². The second kappa shape index (κ2) is 7.59. The van der Waals surface area contributed by atoms with Gasteiger partial charge in [0.05, 0.1) is 11.5 Å². The molecule has 0 N–H and O–H groups in total. The van der Waals surface area contributed by atoms with Gasteiger partial charge in [0.15, 0.2) is 0 Å². The molecule has 0 bridgehead atoms. The van der Waals surface area contributed by atoms with Crippen molar-refractivity contribution in [3.8, 4) is 0 Å². The van der Waals surface area contributed by atoms with Crippen LogP contribution in [0.15, 0.2) is 41.0 Å². The molecule has 7 heteroatoms. The van der Waals surface area contributed by atoms with Gasteiger partial charge in [-0.1, -0.05) is 6.07 Å². The third-order valence-corrected chi connectivity index (χ3v) is 5.45. The van der Waals surface area contributed by atoms with Crippen molar-refractivity contribution in [2.75, 3.05) is 18.6 Å². The number of hydrogen-bond acceptors (Lipinski definition) is 4. The lowest BCUT2D eigenvalue weighted by molar-refractivity contribution is 0.0987. The molecular weight excluding hydrogens is 407 g/mol. The van der Waals surface area contributed by atoms with Gasteiger partial charge in [0, 0.05) is 40.0 Å². The average Bonchev–Trinajstić information content (AvgIpc) is 2.97. The van der Waals surface area contributed by atoms with Crippen LogP contribution >= 0.6 is 27.3 Å². The van der Waals surface area contributed by atoms with Crippen LogP contribution in [0.3, 0.4) is 0 Å². The predicted molar refractivity (Wildman–Crippen MR) is 102 cm³/mol. The molecule has 0 aliphatic rings. The minimum atomic E-state index is -0.343. The van der Waals surface area contributed by atoms with Crippen LogP contribution in [0.4, 0.5) is 10.2 Å². The van der Waals surface area contributed by atoms with E-state index in [-0.39, 0.29) is 18.3 Å². The summed E-state index contributed by atoms with van der Waals surface area (Å²) >= 11 is 4.62. The molecule has 2 aromatic heterocycles. The van der Waals surface area contributed by atoms with Gasteiger partial charge in [-0.15, -0.1) is 11.3 Å². The molecule has 25 heavy (non-hydrogen) atoms. The Morgan fingerprint density at radius 2 is 2.16 bits per heavy atom. The van der Waals surface area contributed by atoms with Gasteiger partial charge in [0.2, 0.25) is 0 Å². The number of carbonyl (C=O) groups is 1. The van der Waals surface area contributed by atoms with Gasteiger partial charge in [-0.2, -0.15) is 0 Å². The number of pyridine rings is 1. The number of halogens is 2. The van der Waals surface area contributed by atoms with Crippen molar-refractivity contribution in [2.45, 2.75) is 13.5 Å². The summed E-state index contributed by atoms with van der Waals surface area (Å²) in [6.07, 6.45) is 1.64. The Hall–Kier alpha value is -1.83. The summed E-state index contributed by atoms with van der Waals surface area (Å²) in [5, 5.41) is 0.456. The number of methoxy groups -OCH3 is 1. The summed E-state index contributed by atoms with van der Waals surface area (Å²) in [4.78, 5) is 19.5. The maximum atomic E-state index is 14.3. The van der Waals surface area contributed by atoms with Crippen LogP contribution in [0.1, 0.15) is 22.2 Å². The molecule has 1 amide bonds. The number of carbonyl (C=O) groups excluding carboxylic acids is 1. The van der Waals surface area contributed by atoms with Gasteiger partial charge >= 0.3 is 0 Å². The highest BCUT2D eigenvalue weighted by atomic mass is 79.9. The lowest BCUT2D eigenvalue weighted by atomic mass is 10.1. The topological polar surface area (TPSA) is 42.4 Å². The molecule has 0 aliphatic heterocycles. The van der Waals surface area contributed by atoms with Crippen molar-refractivity contribution in [3.63, 3.8) is 0 Å². The quantitative estimate of drug-likeness (QED) is 0.580. The molecule has 3 rings (SSSR count). The summed E-state index contributed by atoms with van der Waals surface area (Å²) < 4.78 is 21.1. The first kappa shape index (κ1) is 18.0. The van der Waals surface area contributed by atoms with E-state index in [2.05, 4.69) is 20.9 Å². The Labute approximate surface area is 157 Å². The van der Waals surface area contributed by atoms with Crippen molar-refractivity contribution >= 4 is 49.1 Å². The molecular formula is C18H16BrFN2O2S. The first-order valence-corrected chi connectivity index (χ1v) is 9.30. The van der Waals surface area contributed by atoms with Gasteiger partial charge in [0.25, 0.3) is 5.91 Å². The van der Waals surface area contributed by atoms with Gasteiger partial charge < -0.3 is 4.74 Å². The molecule has 130 valence electrons. The van der Waals surface area contributed by atoms with E-state index >= 15 is 0 Å². The highest BCUT2D eigenvalue weighted by Crippen LogP contribution is 2.35. The molecule has 0 atom stereocenters. The number of fused-ring (bicyclic) bond motifs is 1. The number of nitrogens with zero attached hydrogens (tertiary/aromatic N) is 2. The Balaban J connectivity index is 2.10. The molecule has 0 saturated heterocycles. The molecule has 1 aromatic carbocycles. The number of anilines is 1. The fraction of sp³-hybridized carbons (Fsp3) is 0.222. The molecule has 0 unspecified atom stereocenters. The first-order chi connectivity index (χ1) is 12.1. The van der Waals surface area contributed by atoms with Crippen LogP contribution in [0.5, 0.6) is 0 Å². The van der Waals surface area contributed by atoms with Crippen molar-refractivity contribution < 1.29 is 13.9 Å². The van der Waals surface area contributed by atoms with Crippen LogP contribution in [0.2, 0.25) is 0 Å². The number of rotatable bonds is 5. The van der Waals surface area contributed by atoms with E-state index in [1.165, 1.54) is 24.5 Å². The molecule has 0 fully saturated rings. The van der Waals surface area contributed by atoms with Crippen LogP contribution in [-0.4, -0.2) is 24.5 Å². The number of ether oxygens (including phenoxy) is 1. The number of hydrogen-bond donors (Lipinski definition) is 0. The van der Waals surface area contributed by atoms with E-state index in [1.54, 1.807) is 23.2 Å². The smallest absolute Gasteiger partial charge is 0.269 e. The summed E-state index contributed by atoms with van der Waals surface area (Å²) in [7, 11) is 1.53. The monoisotopic (exact) mass is 422 g/mol. The second-order valence-corrected chi connectivity index (χ2v) is 7.31. The van der Waals surface area contributed by atoms with Gasteiger partial charge in [-0.3, -0.25) is 9.69 Å². The van der Waals surface area contributed by atoms with E-state index in [4.69, 9.17) is 4.74 Å². The Morgan fingerprint density at radius 3 is 2.80 bits per heavy atom. The average molecular weight is 423 g/mol. The minimum absolute atomic E-state index is 0.174. The zero-order valence-corrected chi connectivity index (χ0v) is 16.2. The van der Waals surface area contributed by atoms with E-state index < -0.39 is 0 Å². The Morgan fingerprint density at radius 1 is 1.36 bits per heavy atom. The highest BCUT2D eigenvalue weighted by Gasteiger charge is 2.25. The number of benzene rings is 1. The highest BCUT2D eigenvalue weighted by molar-refractivity contribution is 9.10. The Kier molecular flexibility index (Phi) is 5.46. The summed E-state index contributed by atoms with van der Waals surface area (Å²) in [5.41, 5.74) is 0.584. The maximum Gasteiger partial charge on any atom is 0.269 e. The van der Waals surface area contributed by atoms with Crippen LogP contribution in [-0.2, 0) is 11.3 Å². The zero-order valence-electron chi connectivity index (χ0n) is 13.8. The fourth-order valence-electron chi connectivity index (χ4n) is 2.68. The number of aromatic nitrogens is 1. The lowest BCUT2D eigenvalue weighted by Crippen LogP contribution is -2.31. The Bertz CT molecular complexity index is 911. The molecule has 3 aromatic rings. The predicted octanol–water partition coefficient (Wildman–Crippen LogP) is 5.01. The van der Waals surface area contributed by atoms with Crippen molar-refractivity contribution in [2.24, 2.45) is 0 Å². The summed E-state index contributed by atoms with van der Waals surface area (Å²) in [6.45, 7) is 2.51. The SMILES string of the molecule is CCN(C(=O)c1sc2cccc(F)c2c1COC)c1ccc(Br)cn1. The molecule has 0 aliphatic carbocycles. The lowest BCUT2D eigenvalue weighted by Gasteiger charge is -2.20. The molecule has 4 nitrogen and oxygen atoms in total. The molecule has 0 spiro atoms. The molecule has 2 heterocycles. The minimum Gasteiger partial charge on any atom is -0.380 e. The third kappa shape index (κ3) is 3.44. The van der Waals surface area contributed by atoms with Crippen LogP contribution < -0.4 is 4.90 Å². The van der Waals surface area contributed by atoms with Crippen LogP contribution in [0, 0.1) is 5.82 Å². The molecule has 0 radical (unpaired) electrons. The van der Waals surface area contributed by atoms with Gasteiger partial charge in [-0.05, 0) is 47.1 Å². The van der Waals surface area contributed by atoms with Crippen molar-refractivity contribution in [1.82, 2.24) is 4.98 Å². The number of amides is 1. The maximum absolute atomic E-state index is 14.3. The van der Waals surface area contributed by atoms with Crippen molar-refractivity contribution in [3.05, 3.63) is 57.3 Å². The van der Waals surface area contributed by atoms with E-state index in [0.717, 1.165) is 9.17 Å². The normalized spacial score (nSPS) is 11.0. The zero-order chi connectivity index (χ0) is 18.0. The second-order valence-electron chi connectivity index (χ2n) is 5.34. The van der Waals surface area contributed by atoms with Gasteiger partial charge in [0.1, 0.15) is 11.6 Å². The summed E-state index contributed by atoms with van der Waals surface area (Å²) in [6, 6.07) is 8.46. The number of thiophene rings is 1. The molecule has 0 saturated carbocycles. The first-order valence-electron chi connectivity index (χ1n) is 7.69. The third-order valence-electron chi connectivity index (χ3n) is 3.80. The van der Waals surface area contributed by atoms with E-state index in [9.17, 15) is 9.18 Å². The van der Waals surface area contributed by atoms with E-state index in [1.807, 2.05) is 19.1 Å². The summed E-state index contributed by atoms with van der Waals surface area (Å²) in [5.74, 6) is 0.00614. The fourth-order valence-corrected chi connectivity index (χ4v) is 4.09. The van der Waals surface area contributed by atoms with Gasteiger partial charge in [-0.25, -0.2) is 9.37 Å². The standard InChI is InChI=1S/C18H16BrFN2O2S/c1-3-22(15-8-7-11(19)9-21-15)18(23)17-12(10-24-2)16-13(20)5-4-6-14(16)25-17/h4-9H,3,10H2,1-2H3. The van der Waals surface area contributed by atoms with Crippen LogP contribution in [0.25, 0.3) is 10.1 Å². The van der Waals surface area contributed by atoms with E-state index in [0.29, 0.717) is 28.2 Å².